The Balaban J connectivity index is 1.92. The number of alkyl halides is 3. The number of hydrogen-bond acceptors (Lipinski definition) is 3. The monoisotopic (exact) mass is 500 g/mol. The predicted molar refractivity (Wildman–Crippen MR) is 129 cm³/mol. The van der Waals surface area contributed by atoms with E-state index in [0.29, 0.717) is 16.8 Å². The summed E-state index contributed by atoms with van der Waals surface area (Å²) in [6.07, 6.45) is -3.10. The van der Waals surface area contributed by atoms with Gasteiger partial charge in [-0.25, -0.2) is 18.8 Å². The van der Waals surface area contributed by atoms with Gasteiger partial charge in [0.25, 0.3) is 0 Å². The lowest BCUT2D eigenvalue weighted by molar-refractivity contribution is -0.137. The summed E-state index contributed by atoms with van der Waals surface area (Å²) in [6.45, 7) is 3.79. The fourth-order valence-corrected chi connectivity index (χ4v) is 4.69. The van der Waals surface area contributed by atoms with E-state index in [1.54, 1.807) is 6.21 Å². The Morgan fingerprint density at radius 1 is 0.829 bits per heavy atom. The van der Waals surface area contributed by atoms with Gasteiger partial charge in [0.1, 0.15) is 11.6 Å². The van der Waals surface area contributed by atoms with Crippen LogP contribution in [0.25, 0.3) is 0 Å². The molecule has 0 aliphatic heterocycles. The summed E-state index contributed by atoms with van der Waals surface area (Å²) < 4.78 is 68.8. The molecule has 180 valence electrons. The molecule has 8 heteroatoms. The smallest absolute Gasteiger partial charge is 0.232 e. The van der Waals surface area contributed by atoms with Crippen molar-refractivity contribution in [1.82, 2.24) is 4.98 Å². The van der Waals surface area contributed by atoms with E-state index >= 15 is 0 Å². The van der Waals surface area contributed by atoms with Crippen LogP contribution in [0.2, 0.25) is 0 Å². The molecular weight excluding hydrogens is 479 g/mol. The third kappa shape index (κ3) is 5.82. The molecule has 0 saturated carbocycles. The molecule has 0 saturated heterocycles. The molecule has 4 rings (SSSR count). The molecule has 1 heterocycles. The predicted octanol–water partition coefficient (Wildman–Crippen LogP) is 8.38. The molecular formula is C27H21F5N2S. The number of benzene rings is 3. The van der Waals surface area contributed by atoms with Gasteiger partial charge in [0.05, 0.1) is 11.3 Å². The van der Waals surface area contributed by atoms with Crippen LogP contribution in [0.15, 0.2) is 77.8 Å². The van der Waals surface area contributed by atoms with E-state index < -0.39 is 35.2 Å². The molecule has 0 N–H and O–H groups in total. The van der Waals surface area contributed by atoms with Crippen LogP contribution in [0.1, 0.15) is 44.7 Å². The maximum absolute atomic E-state index is 14.5. The number of nitrogens with zero attached hydrogens (tertiary/aromatic N) is 2. The number of aliphatic imine (C=N–C) groups is 1. The van der Waals surface area contributed by atoms with E-state index in [-0.39, 0.29) is 5.56 Å². The highest BCUT2D eigenvalue weighted by atomic mass is 32.1. The second-order valence-electron chi connectivity index (χ2n) is 8.15. The van der Waals surface area contributed by atoms with Gasteiger partial charge in [0.15, 0.2) is 0 Å². The van der Waals surface area contributed by atoms with Gasteiger partial charge in [-0.1, -0.05) is 53.8 Å². The summed E-state index contributed by atoms with van der Waals surface area (Å²) in [7, 11) is 0. The van der Waals surface area contributed by atoms with Gasteiger partial charge in [-0.2, -0.15) is 13.2 Å². The number of aryl methyl sites for hydroxylation is 2. The normalized spacial score (nSPS) is 13.8. The van der Waals surface area contributed by atoms with E-state index in [0.717, 1.165) is 28.3 Å². The van der Waals surface area contributed by atoms with Crippen LogP contribution in [0.5, 0.6) is 0 Å². The van der Waals surface area contributed by atoms with Crippen LogP contribution < -0.4 is 0 Å². The van der Waals surface area contributed by atoms with Crippen molar-refractivity contribution >= 4 is 22.7 Å². The van der Waals surface area contributed by atoms with Crippen molar-refractivity contribution in [3.8, 4) is 0 Å². The first-order valence-electron chi connectivity index (χ1n) is 10.8. The number of aromatic nitrogens is 1. The largest absolute Gasteiger partial charge is 0.416 e. The average Bonchev–Trinajstić information content (AvgIpc) is 3.14. The number of rotatable bonds is 6. The van der Waals surface area contributed by atoms with Crippen LogP contribution in [-0.2, 0) is 6.18 Å². The molecule has 0 aliphatic rings. The lowest BCUT2D eigenvalue weighted by Crippen LogP contribution is -2.16. The summed E-state index contributed by atoms with van der Waals surface area (Å²) >= 11 is 1.40. The van der Waals surface area contributed by atoms with Crippen LogP contribution in [0.3, 0.4) is 0 Å². The van der Waals surface area contributed by atoms with Gasteiger partial charge in [0, 0.05) is 22.9 Å². The molecule has 4 aromatic rings. The van der Waals surface area contributed by atoms with Gasteiger partial charge in [-0.3, -0.25) is 0 Å². The van der Waals surface area contributed by atoms with Crippen LogP contribution in [-0.4, -0.2) is 11.2 Å². The van der Waals surface area contributed by atoms with E-state index in [1.165, 1.54) is 35.6 Å². The standard InChI is InChI=1S/C27H21F5N2S/c1-16-17(2)35-26(34-16)33-15-24(18-6-4-3-5-7-18)25(19-8-10-22(28)11-9-19)20-12-21(27(30,31)32)14-23(29)13-20/h3-15,24-25H,1-2H3/t24?,25-/m1/s1. The topological polar surface area (TPSA) is 25.2 Å². The molecule has 0 radical (unpaired) electrons. The van der Waals surface area contributed by atoms with Crippen molar-refractivity contribution in [2.24, 2.45) is 4.99 Å². The van der Waals surface area contributed by atoms with Crippen molar-refractivity contribution in [3.05, 3.63) is 117 Å². The molecule has 0 spiro atoms. The minimum atomic E-state index is -4.73. The summed E-state index contributed by atoms with van der Waals surface area (Å²) in [5.41, 5.74) is 1.14. The maximum atomic E-state index is 14.5. The average molecular weight is 501 g/mol. The highest BCUT2D eigenvalue weighted by Crippen LogP contribution is 2.41. The number of hydrogen-bond donors (Lipinski definition) is 0. The van der Waals surface area contributed by atoms with Crippen molar-refractivity contribution in [2.45, 2.75) is 31.9 Å². The zero-order valence-corrected chi connectivity index (χ0v) is 19.7. The lowest BCUT2D eigenvalue weighted by atomic mass is 9.77. The van der Waals surface area contributed by atoms with Crippen molar-refractivity contribution in [3.63, 3.8) is 0 Å². The summed E-state index contributed by atoms with van der Waals surface area (Å²) in [5.74, 6) is -2.85. The van der Waals surface area contributed by atoms with Crippen molar-refractivity contribution in [2.75, 3.05) is 0 Å². The molecule has 35 heavy (non-hydrogen) atoms. The summed E-state index contributed by atoms with van der Waals surface area (Å²) in [6, 6.07) is 17.1. The zero-order valence-electron chi connectivity index (χ0n) is 18.9. The minimum Gasteiger partial charge on any atom is -0.232 e. The third-order valence-electron chi connectivity index (χ3n) is 5.74. The summed E-state index contributed by atoms with van der Waals surface area (Å²) in [4.78, 5) is 9.96. The first kappa shape index (κ1) is 24.7. The minimum absolute atomic E-state index is 0.107. The van der Waals surface area contributed by atoms with Crippen LogP contribution >= 0.6 is 11.3 Å². The van der Waals surface area contributed by atoms with Crippen molar-refractivity contribution in [1.29, 1.82) is 0 Å². The van der Waals surface area contributed by atoms with Gasteiger partial charge in [-0.15, -0.1) is 0 Å². The van der Waals surface area contributed by atoms with Crippen molar-refractivity contribution < 1.29 is 22.0 Å². The van der Waals surface area contributed by atoms with Crippen LogP contribution in [0.4, 0.5) is 27.1 Å². The zero-order chi connectivity index (χ0) is 25.2. The summed E-state index contributed by atoms with van der Waals surface area (Å²) in [5, 5.41) is 0.508. The van der Waals surface area contributed by atoms with Crippen LogP contribution in [0, 0.1) is 25.5 Å². The fraction of sp³-hybridized carbons (Fsp3) is 0.185. The molecule has 1 unspecified atom stereocenters. The SMILES string of the molecule is Cc1nc(N=CC(c2ccccc2)[C@H](c2ccc(F)cc2)c2cc(F)cc(C(F)(F)F)c2)sc1C. The van der Waals surface area contributed by atoms with E-state index in [1.807, 2.05) is 44.2 Å². The fourth-order valence-electron chi connectivity index (χ4n) is 3.93. The molecule has 3 aromatic carbocycles. The van der Waals surface area contributed by atoms with E-state index in [9.17, 15) is 22.0 Å². The second-order valence-corrected chi connectivity index (χ2v) is 9.33. The molecule has 0 fully saturated rings. The maximum Gasteiger partial charge on any atom is 0.416 e. The molecule has 2 atom stereocenters. The van der Waals surface area contributed by atoms with Gasteiger partial charge < -0.3 is 0 Å². The Bertz CT molecular complexity index is 1310. The van der Waals surface area contributed by atoms with E-state index in [4.69, 9.17) is 0 Å². The number of thiazole rings is 1. The number of halogens is 5. The highest BCUT2D eigenvalue weighted by molar-refractivity contribution is 7.15. The Morgan fingerprint density at radius 2 is 1.51 bits per heavy atom. The van der Waals surface area contributed by atoms with Gasteiger partial charge >= 0.3 is 6.18 Å². The first-order chi connectivity index (χ1) is 16.6. The Hall–Kier alpha value is -3.39. The molecule has 0 aliphatic carbocycles. The second kappa shape index (κ2) is 10.1. The molecule has 0 bridgehead atoms. The Labute approximate surface area is 203 Å². The van der Waals surface area contributed by atoms with Gasteiger partial charge in [-0.05, 0) is 60.9 Å². The Morgan fingerprint density at radius 3 is 2.11 bits per heavy atom. The molecule has 2 nitrogen and oxygen atoms in total. The first-order valence-corrected chi connectivity index (χ1v) is 11.6. The quantitative estimate of drug-likeness (QED) is 0.193. The van der Waals surface area contributed by atoms with E-state index in [2.05, 4.69) is 9.98 Å². The molecule has 1 aromatic heterocycles. The third-order valence-corrected chi connectivity index (χ3v) is 6.72. The Kier molecular flexibility index (Phi) is 7.12. The molecule has 0 amide bonds. The lowest BCUT2D eigenvalue weighted by Gasteiger charge is -2.27. The highest BCUT2D eigenvalue weighted by Gasteiger charge is 2.34. The van der Waals surface area contributed by atoms with Gasteiger partial charge in [0.2, 0.25) is 5.13 Å².